The van der Waals surface area contributed by atoms with Crippen molar-refractivity contribution in [2.24, 2.45) is 0 Å². The fourth-order valence-electron chi connectivity index (χ4n) is 2.59. The standard InChI is InChI=1S/C18H27FN2/c1-14-6-5-9-21(12-14)13-16-10-15(7-8-17(16)19)11-20-18(2,3)4/h6-8,10,20H,5,9,11-13H2,1-4H3. The zero-order chi connectivity index (χ0) is 15.5. The van der Waals surface area contributed by atoms with Crippen molar-refractivity contribution in [3.8, 4) is 0 Å². The van der Waals surface area contributed by atoms with Crippen molar-refractivity contribution in [1.82, 2.24) is 10.2 Å². The summed E-state index contributed by atoms with van der Waals surface area (Å²) in [6.07, 6.45) is 3.34. The second-order valence-electron chi connectivity index (χ2n) is 7.08. The Kier molecular flexibility index (Phi) is 5.17. The number of hydrogen-bond donors (Lipinski definition) is 1. The zero-order valence-corrected chi connectivity index (χ0v) is 13.7. The molecule has 1 aromatic carbocycles. The summed E-state index contributed by atoms with van der Waals surface area (Å²) < 4.78 is 14.0. The Bertz CT molecular complexity index is 514. The minimum atomic E-state index is -0.0956. The highest BCUT2D eigenvalue weighted by Crippen LogP contribution is 2.17. The largest absolute Gasteiger partial charge is 0.308 e. The molecule has 0 saturated carbocycles. The number of hydrogen-bond acceptors (Lipinski definition) is 2. The van der Waals surface area contributed by atoms with Crippen molar-refractivity contribution in [1.29, 1.82) is 0 Å². The summed E-state index contributed by atoms with van der Waals surface area (Å²) in [5.74, 6) is -0.0956. The van der Waals surface area contributed by atoms with Crippen LogP contribution in [0.25, 0.3) is 0 Å². The quantitative estimate of drug-likeness (QED) is 0.847. The summed E-state index contributed by atoms with van der Waals surface area (Å²) in [5.41, 5.74) is 3.40. The molecule has 1 aromatic rings. The first-order valence-corrected chi connectivity index (χ1v) is 7.74. The van der Waals surface area contributed by atoms with E-state index in [1.54, 1.807) is 6.07 Å². The third-order valence-corrected chi connectivity index (χ3v) is 3.74. The lowest BCUT2D eigenvalue weighted by atomic mass is 10.1. The number of nitrogens with one attached hydrogen (secondary N) is 1. The minimum Gasteiger partial charge on any atom is -0.308 e. The summed E-state index contributed by atoms with van der Waals surface area (Å²) >= 11 is 0. The van der Waals surface area contributed by atoms with Gasteiger partial charge in [0, 0.05) is 37.3 Å². The smallest absolute Gasteiger partial charge is 0.127 e. The van der Waals surface area contributed by atoms with Crippen LogP contribution in [0.15, 0.2) is 29.8 Å². The molecule has 0 spiro atoms. The van der Waals surface area contributed by atoms with Crippen molar-refractivity contribution in [2.75, 3.05) is 13.1 Å². The van der Waals surface area contributed by atoms with E-state index >= 15 is 0 Å². The van der Waals surface area contributed by atoms with Gasteiger partial charge in [0.05, 0.1) is 0 Å². The van der Waals surface area contributed by atoms with E-state index in [0.717, 1.165) is 37.2 Å². The number of rotatable bonds is 4. The first kappa shape index (κ1) is 16.2. The molecule has 1 N–H and O–H groups in total. The molecule has 0 aromatic heterocycles. The molecule has 116 valence electrons. The molecule has 1 aliphatic heterocycles. The van der Waals surface area contributed by atoms with Crippen molar-refractivity contribution < 1.29 is 4.39 Å². The van der Waals surface area contributed by atoms with Gasteiger partial charge in [-0.05, 0) is 45.7 Å². The summed E-state index contributed by atoms with van der Waals surface area (Å²) in [6.45, 7) is 12.0. The molecule has 3 heteroatoms. The molecule has 0 radical (unpaired) electrons. The maximum Gasteiger partial charge on any atom is 0.127 e. The summed E-state index contributed by atoms with van der Waals surface area (Å²) in [5, 5.41) is 3.45. The normalized spacial score (nSPS) is 16.9. The van der Waals surface area contributed by atoms with E-state index in [2.05, 4.69) is 44.0 Å². The highest BCUT2D eigenvalue weighted by atomic mass is 19.1. The molecule has 0 fully saturated rings. The van der Waals surface area contributed by atoms with E-state index in [1.165, 1.54) is 5.57 Å². The Labute approximate surface area is 128 Å². The van der Waals surface area contributed by atoms with E-state index in [9.17, 15) is 4.39 Å². The molecule has 2 nitrogen and oxygen atoms in total. The third-order valence-electron chi connectivity index (χ3n) is 3.74. The average molecular weight is 290 g/mol. The first-order valence-electron chi connectivity index (χ1n) is 7.74. The molecule has 0 saturated heterocycles. The van der Waals surface area contributed by atoms with Crippen LogP contribution in [0.1, 0.15) is 45.2 Å². The van der Waals surface area contributed by atoms with E-state index in [0.29, 0.717) is 6.54 Å². The molecule has 0 amide bonds. The predicted octanol–water partition coefficient (Wildman–Crippen LogP) is 3.87. The fraction of sp³-hybridized carbons (Fsp3) is 0.556. The minimum absolute atomic E-state index is 0.0727. The summed E-state index contributed by atoms with van der Waals surface area (Å²) in [6, 6.07) is 5.47. The fourth-order valence-corrected chi connectivity index (χ4v) is 2.59. The second kappa shape index (κ2) is 6.71. The highest BCUT2D eigenvalue weighted by Gasteiger charge is 2.14. The lowest BCUT2D eigenvalue weighted by molar-refractivity contribution is 0.278. The van der Waals surface area contributed by atoms with Gasteiger partial charge in [0.25, 0.3) is 0 Å². The van der Waals surface area contributed by atoms with Crippen molar-refractivity contribution in [2.45, 2.75) is 52.7 Å². The van der Waals surface area contributed by atoms with Gasteiger partial charge in [-0.1, -0.05) is 23.8 Å². The summed E-state index contributed by atoms with van der Waals surface area (Å²) in [7, 11) is 0. The van der Waals surface area contributed by atoms with Crippen LogP contribution in [-0.4, -0.2) is 23.5 Å². The molecule has 1 aliphatic rings. The monoisotopic (exact) mass is 290 g/mol. The van der Waals surface area contributed by atoms with Crippen molar-refractivity contribution >= 4 is 0 Å². The maximum atomic E-state index is 14.0. The topological polar surface area (TPSA) is 15.3 Å². The van der Waals surface area contributed by atoms with E-state index in [1.807, 2.05) is 12.1 Å². The van der Waals surface area contributed by atoms with Crippen LogP contribution < -0.4 is 5.32 Å². The van der Waals surface area contributed by atoms with Gasteiger partial charge in [-0.3, -0.25) is 4.90 Å². The lowest BCUT2D eigenvalue weighted by Crippen LogP contribution is -2.35. The van der Waals surface area contributed by atoms with Crippen LogP contribution in [0.3, 0.4) is 0 Å². The lowest BCUT2D eigenvalue weighted by Gasteiger charge is -2.26. The van der Waals surface area contributed by atoms with Crippen LogP contribution in [0.2, 0.25) is 0 Å². The molecule has 0 atom stereocenters. The molecule has 0 aliphatic carbocycles. The van der Waals surface area contributed by atoms with Crippen LogP contribution >= 0.6 is 0 Å². The van der Waals surface area contributed by atoms with E-state index < -0.39 is 0 Å². The summed E-state index contributed by atoms with van der Waals surface area (Å²) in [4.78, 5) is 2.31. The van der Waals surface area contributed by atoms with E-state index in [-0.39, 0.29) is 11.4 Å². The second-order valence-corrected chi connectivity index (χ2v) is 7.08. The van der Waals surface area contributed by atoms with Crippen LogP contribution in [0.4, 0.5) is 4.39 Å². The van der Waals surface area contributed by atoms with Gasteiger partial charge in [0.2, 0.25) is 0 Å². The van der Waals surface area contributed by atoms with Gasteiger partial charge >= 0.3 is 0 Å². The third kappa shape index (κ3) is 5.25. The van der Waals surface area contributed by atoms with Crippen molar-refractivity contribution in [3.63, 3.8) is 0 Å². The Morgan fingerprint density at radius 2 is 2.05 bits per heavy atom. The van der Waals surface area contributed by atoms with Gasteiger partial charge in [-0.2, -0.15) is 0 Å². The Hall–Kier alpha value is -1.19. The molecule has 2 rings (SSSR count). The SMILES string of the molecule is CC1=CCCN(Cc2cc(CNC(C)(C)C)ccc2F)C1. The van der Waals surface area contributed by atoms with Gasteiger partial charge in [0.1, 0.15) is 5.82 Å². The Morgan fingerprint density at radius 3 is 2.71 bits per heavy atom. The van der Waals surface area contributed by atoms with Crippen LogP contribution in [-0.2, 0) is 13.1 Å². The first-order chi connectivity index (χ1) is 9.83. The highest BCUT2D eigenvalue weighted by molar-refractivity contribution is 5.25. The zero-order valence-electron chi connectivity index (χ0n) is 13.7. The maximum absolute atomic E-state index is 14.0. The molecule has 21 heavy (non-hydrogen) atoms. The molecular formula is C18H27FN2. The molecule has 0 unspecified atom stereocenters. The van der Waals surface area contributed by atoms with Crippen LogP contribution in [0.5, 0.6) is 0 Å². The molecule has 0 bridgehead atoms. The Balaban J connectivity index is 2.03. The van der Waals surface area contributed by atoms with Crippen molar-refractivity contribution in [3.05, 3.63) is 46.8 Å². The predicted molar refractivity (Wildman–Crippen MR) is 86.6 cm³/mol. The van der Waals surface area contributed by atoms with Gasteiger partial charge in [0.15, 0.2) is 0 Å². The average Bonchev–Trinajstić information content (AvgIpc) is 2.39. The van der Waals surface area contributed by atoms with Gasteiger partial charge < -0.3 is 5.32 Å². The molecular weight excluding hydrogens is 263 g/mol. The molecule has 1 heterocycles. The number of nitrogens with zero attached hydrogens (tertiary/aromatic N) is 1. The van der Waals surface area contributed by atoms with Gasteiger partial charge in [-0.25, -0.2) is 4.39 Å². The number of halogens is 1. The van der Waals surface area contributed by atoms with E-state index in [4.69, 9.17) is 0 Å². The van der Waals surface area contributed by atoms with Crippen LogP contribution in [0, 0.1) is 5.82 Å². The number of benzene rings is 1. The Morgan fingerprint density at radius 1 is 1.29 bits per heavy atom. The van der Waals surface area contributed by atoms with Gasteiger partial charge in [-0.15, -0.1) is 0 Å².